The zero-order chi connectivity index (χ0) is 20.2. The van der Waals surface area contributed by atoms with Gasteiger partial charge in [0, 0.05) is 11.6 Å². The lowest BCUT2D eigenvalue weighted by molar-refractivity contribution is -0.597. The summed E-state index contributed by atoms with van der Waals surface area (Å²) >= 11 is 1.05. The Morgan fingerprint density at radius 1 is 0.933 bits per heavy atom. The molecule has 1 heterocycles. The van der Waals surface area contributed by atoms with E-state index in [-0.39, 0.29) is 44.1 Å². The van der Waals surface area contributed by atoms with E-state index in [0.717, 1.165) is 21.7 Å². The number of aromatic nitrogens is 1. The summed E-state index contributed by atoms with van der Waals surface area (Å²) in [6.07, 6.45) is 0. The van der Waals surface area contributed by atoms with Crippen molar-refractivity contribution in [2.24, 2.45) is 0 Å². The maximum Gasteiger partial charge on any atom is 0.357 e. The summed E-state index contributed by atoms with van der Waals surface area (Å²) < 4.78 is 13.9. The molecule has 0 bridgehead atoms. The van der Waals surface area contributed by atoms with Crippen molar-refractivity contribution in [1.29, 1.82) is 0 Å². The molecule has 0 radical (unpaired) electrons. The summed E-state index contributed by atoms with van der Waals surface area (Å²) in [4.78, 5) is 17.2. The fourth-order valence-electron chi connectivity index (χ4n) is 2.70. The first-order valence-electron chi connectivity index (χ1n) is 8.79. The third-order valence-corrected chi connectivity index (χ3v) is 7.74. The predicted octanol–water partition coefficient (Wildman–Crippen LogP) is -1.30. The number of carbonyl (C=O) groups excluding carboxylic acids is 1. The van der Waals surface area contributed by atoms with Gasteiger partial charge in [-0.15, -0.1) is 0 Å². The second kappa shape index (κ2) is 10.2. The highest BCUT2D eigenvalue weighted by Crippen LogP contribution is 2.29. The molecular weight excluding hydrogens is 579 g/mol. The van der Waals surface area contributed by atoms with Crippen molar-refractivity contribution < 1.29 is 52.5 Å². The first-order chi connectivity index (χ1) is 14.1. The number of nitrogens with zero attached hydrogens (tertiary/aromatic N) is 1. The van der Waals surface area contributed by atoms with Crippen molar-refractivity contribution >= 4 is 32.6 Å². The Bertz CT molecular complexity index is 1160. The lowest BCUT2D eigenvalue weighted by atomic mass is 10.2. The Kier molecular flexibility index (Phi) is 7.68. The number of anilines is 1. The van der Waals surface area contributed by atoms with Crippen molar-refractivity contribution in [3.8, 4) is 11.5 Å². The van der Waals surface area contributed by atoms with E-state index in [0.29, 0.717) is 10.7 Å². The predicted molar refractivity (Wildman–Crippen MR) is 111 cm³/mol. The van der Waals surface area contributed by atoms with E-state index in [2.05, 4.69) is 28.5 Å². The minimum Gasteiger partial charge on any atom is -1.00 e. The number of hydrogen-bond acceptors (Lipinski definition) is 5. The number of fused-ring (bicyclic) bond motifs is 1. The van der Waals surface area contributed by atoms with E-state index in [4.69, 9.17) is 9.47 Å². The molecule has 0 spiro atoms. The Balaban J connectivity index is 0.00000256. The second-order valence-corrected chi connectivity index (χ2v) is 10.1. The number of hydrogen-bond donors (Lipinski definition) is 1. The molecule has 0 aliphatic heterocycles. The number of nitrogens with one attached hydrogen (secondary N) is 1. The van der Waals surface area contributed by atoms with Crippen molar-refractivity contribution in [1.82, 2.24) is 4.98 Å². The van der Waals surface area contributed by atoms with Crippen LogP contribution in [0.4, 0.5) is 5.13 Å². The van der Waals surface area contributed by atoms with Crippen molar-refractivity contribution in [2.75, 3.05) is 19.5 Å². The van der Waals surface area contributed by atoms with Gasteiger partial charge < -0.3 is 26.5 Å². The fourth-order valence-corrected chi connectivity index (χ4v) is 5.91. The highest BCUT2D eigenvalue weighted by molar-refractivity contribution is 7.22. The summed E-state index contributed by atoms with van der Waals surface area (Å²) in [5, 5.41) is 3.49. The molecule has 4 rings (SSSR count). The normalized spacial score (nSPS) is 10.3. The van der Waals surface area contributed by atoms with Gasteiger partial charge in [-0.1, -0.05) is 17.4 Å². The van der Waals surface area contributed by atoms with Crippen molar-refractivity contribution in [3.63, 3.8) is 0 Å². The molecule has 0 atom stereocenters. The standard InChI is InChI=1S/C22H17IN2O3S.BrH/c1-27-17-8-6-15(7-9-17)23-16-5-3-4-14(12-16)21(26)25-22-24-19-11-10-18(28-2)13-20(19)29-22;/h3-13H,1-2H3;1H. The third-order valence-electron chi connectivity index (χ3n) is 4.17. The molecule has 0 fully saturated rings. The van der Waals surface area contributed by atoms with Crippen molar-refractivity contribution in [2.45, 2.75) is 0 Å². The molecular formula is C22H18BrIN2O3S. The highest BCUT2D eigenvalue weighted by Gasteiger charge is 2.18. The first kappa shape index (κ1) is 22.5. The quantitative estimate of drug-likeness (QED) is 0.281. The first-order valence-corrected chi connectivity index (χ1v) is 11.8. The average Bonchev–Trinajstić information content (AvgIpc) is 3.15. The van der Waals surface area contributed by atoms with Crippen LogP contribution in [0, 0.1) is 7.14 Å². The van der Waals surface area contributed by atoms with Gasteiger partial charge in [0.25, 0.3) is 5.91 Å². The molecule has 0 aliphatic rings. The van der Waals surface area contributed by atoms with Gasteiger partial charge in [-0.2, -0.15) is 0 Å². The highest BCUT2D eigenvalue weighted by atomic mass is 127. The number of amides is 1. The number of benzene rings is 3. The third kappa shape index (κ3) is 5.30. The number of methoxy groups -OCH3 is 2. The van der Waals surface area contributed by atoms with Crippen LogP contribution in [0.5, 0.6) is 11.5 Å². The minimum atomic E-state index is -0.377. The molecule has 1 N–H and O–H groups in total. The molecule has 5 nitrogen and oxygen atoms in total. The fraction of sp³-hybridized carbons (Fsp3) is 0.0909. The molecule has 30 heavy (non-hydrogen) atoms. The summed E-state index contributed by atoms with van der Waals surface area (Å²) in [5.74, 6) is 1.46. The largest absolute Gasteiger partial charge is 1.00 e. The van der Waals surface area contributed by atoms with Crippen LogP contribution in [-0.2, 0) is 0 Å². The van der Waals surface area contributed by atoms with Crippen molar-refractivity contribution in [3.05, 3.63) is 79.4 Å². The van der Waals surface area contributed by atoms with Gasteiger partial charge in [-0.3, -0.25) is 10.1 Å². The molecule has 154 valence electrons. The lowest BCUT2D eigenvalue weighted by Crippen LogP contribution is -3.61. The SMILES string of the molecule is COc1ccc([I+]c2cccc(C(=O)Nc3nc4ccc(OC)cc4s3)c2)cc1.[Br-]. The monoisotopic (exact) mass is 596 g/mol. The zero-order valence-electron chi connectivity index (χ0n) is 16.2. The Hall–Kier alpha value is -2.17. The van der Waals surface area contributed by atoms with Gasteiger partial charge in [-0.25, -0.2) is 4.98 Å². The summed E-state index contributed by atoms with van der Waals surface area (Å²) in [7, 11) is 3.29. The van der Waals surface area contributed by atoms with E-state index < -0.39 is 0 Å². The number of thiazole rings is 1. The van der Waals surface area contributed by atoms with E-state index in [1.54, 1.807) is 14.2 Å². The van der Waals surface area contributed by atoms with Gasteiger partial charge in [0.2, 0.25) is 0 Å². The molecule has 1 amide bonds. The van der Waals surface area contributed by atoms with E-state index in [1.807, 2.05) is 48.5 Å². The lowest BCUT2D eigenvalue weighted by Gasteiger charge is -2.01. The van der Waals surface area contributed by atoms with Gasteiger partial charge in [0.1, 0.15) is 11.5 Å². The maximum absolute atomic E-state index is 12.7. The topological polar surface area (TPSA) is 60.5 Å². The average molecular weight is 597 g/mol. The van der Waals surface area contributed by atoms with Crippen LogP contribution in [0.15, 0.2) is 66.7 Å². The molecule has 3 aromatic carbocycles. The van der Waals surface area contributed by atoms with Crippen LogP contribution in [0.1, 0.15) is 10.4 Å². The summed E-state index contributed by atoms with van der Waals surface area (Å²) in [6, 6.07) is 21.5. The van der Waals surface area contributed by atoms with Crippen LogP contribution < -0.4 is 53.0 Å². The van der Waals surface area contributed by atoms with E-state index in [9.17, 15) is 4.79 Å². The van der Waals surface area contributed by atoms with Crippen LogP contribution in [0.25, 0.3) is 10.2 Å². The molecule has 4 aromatic rings. The molecule has 0 aliphatic carbocycles. The molecule has 0 saturated carbocycles. The van der Waals surface area contributed by atoms with Gasteiger partial charge in [0.05, 0.1) is 24.4 Å². The number of halogens is 2. The summed E-state index contributed by atoms with van der Waals surface area (Å²) in [6.45, 7) is 0. The zero-order valence-corrected chi connectivity index (χ0v) is 20.7. The van der Waals surface area contributed by atoms with Gasteiger partial charge >= 0.3 is 21.2 Å². The van der Waals surface area contributed by atoms with Crippen LogP contribution in [0.2, 0.25) is 0 Å². The molecule has 0 unspecified atom stereocenters. The van der Waals surface area contributed by atoms with E-state index >= 15 is 0 Å². The number of ether oxygens (including phenoxy) is 2. The second-order valence-electron chi connectivity index (χ2n) is 6.07. The Morgan fingerprint density at radius 3 is 2.40 bits per heavy atom. The maximum atomic E-state index is 12.7. The molecule has 0 saturated heterocycles. The van der Waals surface area contributed by atoms with Gasteiger partial charge in [-0.05, 0) is 54.6 Å². The molecule has 1 aromatic heterocycles. The Morgan fingerprint density at radius 2 is 1.67 bits per heavy atom. The summed E-state index contributed by atoms with van der Waals surface area (Å²) in [5.41, 5.74) is 1.47. The van der Waals surface area contributed by atoms with Gasteiger partial charge in [0.15, 0.2) is 12.3 Å². The Labute approximate surface area is 199 Å². The van der Waals surface area contributed by atoms with Crippen LogP contribution >= 0.6 is 11.3 Å². The van der Waals surface area contributed by atoms with E-state index in [1.165, 1.54) is 18.5 Å². The van der Waals surface area contributed by atoms with Crippen LogP contribution in [-0.4, -0.2) is 25.1 Å². The molecule has 8 heteroatoms. The minimum absolute atomic E-state index is 0. The number of rotatable bonds is 6. The smallest absolute Gasteiger partial charge is 0.357 e. The van der Waals surface area contributed by atoms with Crippen LogP contribution in [0.3, 0.4) is 0 Å². The number of carbonyl (C=O) groups is 1.